The molecule has 55 heavy (non-hydrogen) atoms. The van der Waals surface area contributed by atoms with Crippen molar-refractivity contribution in [3.05, 3.63) is 76.4 Å². The van der Waals surface area contributed by atoms with E-state index in [4.69, 9.17) is 15.7 Å². The number of hydrogen-bond donors (Lipinski definition) is 5. The van der Waals surface area contributed by atoms with Gasteiger partial charge in [-0.3, -0.25) is 39.2 Å². The van der Waals surface area contributed by atoms with Crippen molar-refractivity contribution in [3.63, 3.8) is 0 Å². The Bertz CT molecular complexity index is 2450. The molecular weight excluding hydrogens is 704 g/mol. The number of carbonyl (C=O) groups excluding carboxylic acids is 4. The second-order valence-corrected chi connectivity index (χ2v) is 13.7. The van der Waals surface area contributed by atoms with Gasteiger partial charge in [-0.2, -0.15) is 10.2 Å². The molecule has 6 N–H and O–H groups in total. The maximum atomic E-state index is 14.2. The smallest absolute Gasteiger partial charge is 0.276 e. The quantitative estimate of drug-likeness (QED) is 0.174. The molecule has 0 bridgehead atoms. The van der Waals surface area contributed by atoms with Gasteiger partial charge in [0, 0.05) is 37.3 Å². The highest BCUT2D eigenvalue weighted by Crippen LogP contribution is 2.29. The fourth-order valence-corrected chi connectivity index (χ4v) is 7.27. The van der Waals surface area contributed by atoms with E-state index in [1.807, 2.05) is 36.0 Å². The molecule has 2 aromatic carbocycles. The van der Waals surface area contributed by atoms with Gasteiger partial charge in [-0.25, -0.2) is 9.97 Å². The zero-order valence-corrected chi connectivity index (χ0v) is 31.1. The summed E-state index contributed by atoms with van der Waals surface area (Å²) in [4.78, 5) is 61.8. The number of aryl methyl sites for hydroxylation is 6. The van der Waals surface area contributed by atoms with Crippen molar-refractivity contribution in [2.45, 2.75) is 85.5 Å². The van der Waals surface area contributed by atoms with Gasteiger partial charge in [-0.05, 0) is 89.3 Å². The van der Waals surface area contributed by atoms with E-state index in [9.17, 15) is 24.3 Å². The van der Waals surface area contributed by atoms with Gasteiger partial charge in [0.25, 0.3) is 11.8 Å². The van der Waals surface area contributed by atoms with Gasteiger partial charge >= 0.3 is 0 Å². The minimum Gasteiger partial charge on any atom is -0.387 e. The fourth-order valence-electron chi connectivity index (χ4n) is 7.27. The molecule has 0 saturated heterocycles. The van der Waals surface area contributed by atoms with E-state index in [-0.39, 0.29) is 11.8 Å². The van der Waals surface area contributed by atoms with E-state index in [0.717, 1.165) is 30.5 Å². The third-order valence-corrected chi connectivity index (χ3v) is 9.89. The Morgan fingerprint density at radius 1 is 0.873 bits per heavy atom. The molecule has 0 unspecified atom stereocenters. The second kappa shape index (κ2) is 15.5. The van der Waals surface area contributed by atoms with Gasteiger partial charge < -0.3 is 25.3 Å². The van der Waals surface area contributed by atoms with Gasteiger partial charge in [0.05, 0.1) is 33.6 Å². The number of rotatable bonds is 4. The number of primary amides is 1. The maximum Gasteiger partial charge on any atom is 0.276 e. The Labute approximate surface area is 315 Å². The number of aliphatic hydroxyl groups excluding tert-OH is 1. The summed E-state index contributed by atoms with van der Waals surface area (Å²) in [5, 5.41) is 27.5. The third kappa shape index (κ3) is 7.42. The summed E-state index contributed by atoms with van der Waals surface area (Å²) < 4.78 is 7.24. The van der Waals surface area contributed by atoms with Gasteiger partial charge in [0.15, 0.2) is 0 Å². The molecule has 0 aliphatic carbocycles. The predicted molar refractivity (Wildman–Crippen MR) is 206 cm³/mol. The largest absolute Gasteiger partial charge is 0.387 e. The molecule has 7 rings (SSSR count). The number of nitrogens with one attached hydrogen (secondary N) is 3. The van der Waals surface area contributed by atoms with E-state index in [1.165, 1.54) is 0 Å². The lowest BCUT2D eigenvalue weighted by Crippen LogP contribution is -2.21. The SMILES string of the molecule is CCn1nc(C)c2c1C(=O)Nc1nc3c(NC(=O)CO)cccc3n1CCCCn1c(nc3cc(C(N)=O)ccc31)NC(=O)c1cc(C)nn1CCCCC2. The number of para-hydroxylation sites is 1. The number of aromatic nitrogens is 8. The van der Waals surface area contributed by atoms with Gasteiger partial charge in [-0.1, -0.05) is 12.5 Å². The molecule has 0 spiro atoms. The van der Waals surface area contributed by atoms with Crippen LogP contribution in [-0.2, 0) is 37.4 Å². The molecular formula is C38H44N12O5. The average Bonchev–Trinajstić information content (AvgIpc) is 3.90. The summed E-state index contributed by atoms with van der Waals surface area (Å²) in [5.74, 6) is -1.24. The third-order valence-electron chi connectivity index (χ3n) is 9.89. The van der Waals surface area contributed by atoms with Crippen LogP contribution in [-0.4, -0.2) is 74.0 Å². The minimum absolute atomic E-state index is 0.300. The number of fused-ring (bicyclic) bond motifs is 8. The van der Waals surface area contributed by atoms with E-state index < -0.39 is 18.4 Å². The van der Waals surface area contributed by atoms with E-state index in [0.29, 0.717) is 108 Å². The summed E-state index contributed by atoms with van der Waals surface area (Å²) in [6, 6.07) is 12.1. The topological polar surface area (TPSA) is 222 Å². The Morgan fingerprint density at radius 2 is 1.60 bits per heavy atom. The van der Waals surface area contributed by atoms with Crippen molar-refractivity contribution in [3.8, 4) is 0 Å². The number of imidazole rings is 2. The molecule has 17 heteroatoms. The number of nitrogens with zero attached hydrogens (tertiary/aromatic N) is 8. The van der Waals surface area contributed by atoms with Crippen LogP contribution in [0.1, 0.15) is 87.3 Å². The van der Waals surface area contributed by atoms with Crippen LogP contribution in [0, 0.1) is 13.8 Å². The predicted octanol–water partition coefficient (Wildman–Crippen LogP) is 4.16. The molecule has 17 nitrogen and oxygen atoms in total. The molecule has 4 amide bonds. The minimum atomic E-state index is -0.692. The Hall–Kier alpha value is -6.36. The highest BCUT2D eigenvalue weighted by Gasteiger charge is 2.25. The summed E-state index contributed by atoms with van der Waals surface area (Å²) in [7, 11) is 0. The highest BCUT2D eigenvalue weighted by molar-refractivity contribution is 6.06. The van der Waals surface area contributed by atoms with Crippen LogP contribution in [0.15, 0.2) is 42.5 Å². The molecule has 1 aliphatic rings. The summed E-state index contributed by atoms with van der Waals surface area (Å²) in [6.45, 7) is 6.90. The van der Waals surface area contributed by atoms with Crippen molar-refractivity contribution in [1.82, 2.24) is 38.7 Å². The van der Waals surface area contributed by atoms with Gasteiger partial charge in [0.2, 0.25) is 23.7 Å². The first kappa shape index (κ1) is 37.0. The van der Waals surface area contributed by atoms with E-state index in [1.54, 1.807) is 45.8 Å². The first-order valence-electron chi connectivity index (χ1n) is 18.5. The molecule has 4 aromatic heterocycles. The molecule has 0 saturated carbocycles. The molecule has 0 fully saturated rings. The number of nitrogens with two attached hydrogens (primary N) is 1. The average molecular weight is 749 g/mol. The summed E-state index contributed by atoms with van der Waals surface area (Å²) in [6.07, 6.45) is 4.19. The summed E-state index contributed by atoms with van der Waals surface area (Å²) in [5.41, 5.74) is 11.9. The van der Waals surface area contributed by atoms with Gasteiger partial charge in [0.1, 0.15) is 23.5 Å². The van der Waals surface area contributed by atoms with Crippen LogP contribution in [0.25, 0.3) is 22.1 Å². The molecule has 6 aromatic rings. The molecule has 5 heterocycles. The number of benzene rings is 2. The van der Waals surface area contributed by atoms with Gasteiger partial charge in [-0.15, -0.1) is 0 Å². The van der Waals surface area contributed by atoms with E-state index in [2.05, 4.69) is 26.1 Å². The lowest BCUT2D eigenvalue weighted by molar-refractivity contribution is -0.118. The van der Waals surface area contributed by atoms with Crippen molar-refractivity contribution < 1.29 is 24.3 Å². The lowest BCUT2D eigenvalue weighted by atomic mass is 10.0. The van der Waals surface area contributed by atoms with Crippen LogP contribution in [0.5, 0.6) is 0 Å². The highest BCUT2D eigenvalue weighted by atomic mass is 16.3. The normalized spacial score (nSPS) is 14.6. The first-order chi connectivity index (χ1) is 26.6. The zero-order chi connectivity index (χ0) is 38.8. The van der Waals surface area contributed by atoms with Crippen molar-refractivity contribution in [1.29, 1.82) is 0 Å². The van der Waals surface area contributed by atoms with Crippen molar-refractivity contribution in [2.24, 2.45) is 5.73 Å². The van der Waals surface area contributed by atoms with Crippen molar-refractivity contribution in [2.75, 3.05) is 22.6 Å². The zero-order valence-electron chi connectivity index (χ0n) is 31.1. The van der Waals surface area contributed by atoms with Crippen LogP contribution in [0.4, 0.5) is 17.6 Å². The number of amides is 4. The standard InChI is InChI=1S/C38H44N12O5/c1-4-49-33-25(23(3)46-49)11-6-5-7-18-50-30(19-22(2)45-50)35(54)43-37-41-27-20-24(34(39)53)14-15-28(27)47(37)16-8-9-17-48-29-13-10-12-26(40-31(52)21-51)32(29)42-38(48)44-36(33)55/h10,12-15,19-20,51H,4-9,11,16-18,21H2,1-3H3,(H2,39,53)(H,40,52)(H,41,43,54)(H,42,44,55). The molecule has 0 atom stereocenters. The van der Waals surface area contributed by atoms with Crippen molar-refractivity contribution >= 4 is 63.3 Å². The lowest BCUT2D eigenvalue weighted by Gasteiger charge is -2.13. The van der Waals surface area contributed by atoms with Crippen LogP contribution >= 0.6 is 0 Å². The number of hydrogen-bond acceptors (Lipinski definition) is 9. The molecule has 286 valence electrons. The Morgan fingerprint density at radius 3 is 2.35 bits per heavy atom. The summed E-state index contributed by atoms with van der Waals surface area (Å²) >= 11 is 0. The second-order valence-electron chi connectivity index (χ2n) is 13.7. The number of aliphatic hydroxyl groups is 1. The van der Waals surface area contributed by atoms with E-state index >= 15 is 0 Å². The maximum absolute atomic E-state index is 14.2. The Kier molecular flexibility index (Phi) is 10.5. The molecule has 1 aliphatic heterocycles. The van der Waals surface area contributed by atoms with Crippen LogP contribution < -0.4 is 21.7 Å². The Balaban J connectivity index is 1.29. The first-order valence-corrected chi connectivity index (χ1v) is 18.5. The number of anilines is 3. The number of carbonyl (C=O) groups is 4. The fraction of sp³-hybridized carbons (Fsp3) is 0.368. The monoisotopic (exact) mass is 748 g/mol. The van der Waals surface area contributed by atoms with Crippen LogP contribution in [0.2, 0.25) is 0 Å². The molecule has 0 radical (unpaired) electrons. The van der Waals surface area contributed by atoms with Crippen LogP contribution in [0.3, 0.4) is 0 Å².